The van der Waals surface area contributed by atoms with Gasteiger partial charge in [0, 0.05) is 19.3 Å². The summed E-state index contributed by atoms with van der Waals surface area (Å²) in [4.78, 5) is 25.1. The molecule has 0 aliphatic carbocycles. The third-order valence-electron chi connectivity index (χ3n) is 3.98. The molecule has 1 aromatic carbocycles. The standard InChI is InChI=1S/C16H17N3O3/c20-15(18-8-6-12(7-9-18)16(21)22)13-10-17-19(11-13)14-4-2-1-3-5-14/h1-5,10-12H,6-9H2,(H,21,22). The van der Waals surface area contributed by atoms with Gasteiger partial charge in [0.05, 0.1) is 23.4 Å². The summed E-state index contributed by atoms with van der Waals surface area (Å²) < 4.78 is 1.66. The Bertz CT molecular complexity index is 673. The highest BCUT2D eigenvalue weighted by molar-refractivity contribution is 5.94. The number of aliphatic carboxylic acids is 1. The van der Waals surface area contributed by atoms with E-state index in [-0.39, 0.29) is 11.8 Å². The molecule has 1 fully saturated rings. The van der Waals surface area contributed by atoms with Crippen LogP contribution in [-0.2, 0) is 4.79 Å². The van der Waals surface area contributed by atoms with Crippen LogP contribution in [0.2, 0.25) is 0 Å². The Labute approximate surface area is 128 Å². The van der Waals surface area contributed by atoms with Crippen molar-refractivity contribution < 1.29 is 14.7 Å². The molecule has 0 unspecified atom stereocenters. The van der Waals surface area contributed by atoms with E-state index in [0.29, 0.717) is 31.5 Å². The lowest BCUT2D eigenvalue weighted by atomic mass is 9.97. The highest BCUT2D eigenvalue weighted by Crippen LogP contribution is 2.19. The number of rotatable bonds is 3. The second-order valence-electron chi connectivity index (χ2n) is 5.41. The lowest BCUT2D eigenvalue weighted by molar-refractivity contribution is -0.143. The molecule has 114 valence electrons. The summed E-state index contributed by atoms with van der Waals surface area (Å²) >= 11 is 0. The first kappa shape index (κ1) is 14.3. The monoisotopic (exact) mass is 299 g/mol. The summed E-state index contributed by atoms with van der Waals surface area (Å²) in [6.45, 7) is 0.957. The maximum Gasteiger partial charge on any atom is 0.306 e. The number of carbonyl (C=O) groups excluding carboxylic acids is 1. The van der Waals surface area contributed by atoms with E-state index >= 15 is 0 Å². The Morgan fingerprint density at radius 1 is 1.14 bits per heavy atom. The number of aromatic nitrogens is 2. The van der Waals surface area contributed by atoms with Gasteiger partial charge < -0.3 is 10.0 Å². The van der Waals surface area contributed by atoms with Crippen molar-refractivity contribution in [1.29, 1.82) is 0 Å². The van der Waals surface area contributed by atoms with Crippen molar-refractivity contribution in [1.82, 2.24) is 14.7 Å². The van der Waals surface area contributed by atoms with Crippen molar-refractivity contribution in [3.63, 3.8) is 0 Å². The van der Waals surface area contributed by atoms with Crippen LogP contribution in [0.5, 0.6) is 0 Å². The van der Waals surface area contributed by atoms with Crippen molar-refractivity contribution in [2.75, 3.05) is 13.1 Å². The molecule has 0 atom stereocenters. The van der Waals surface area contributed by atoms with Crippen molar-refractivity contribution in [2.24, 2.45) is 5.92 Å². The largest absolute Gasteiger partial charge is 0.481 e. The average molecular weight is 299 g/mol. The average Bonchev–Trinajstić information content (AvgIpc) is 3.05. The fraction of sp³-hybridized carbons (Fsp3) is 0.312. The van der Waals surface area contributed by atoms with Gasteiger partial charge in [-0.3, -0.25) is 9.59 Å². The van der Waals surface area contributed by atoms with Gasteiger partial charge in [0.25, 0.3) is 5.91 Å². The number of para-hydroxylation sites is 1. The molecule has 1 aromatic heterocycles. The van der Waals surface area contributed by atoms with Gasteiger partial charge in [0.2, 0.25) is 0 Å². The number of benzene rings is 1. The summed E-state index contributed by atoms with van der Waals surface area (Å²) in [5.74, 6) is -1.20. The fourth-order valence-electron chi connectivity index (χ4n) is 2.67. The van der Waals surface area contributed by atoms with Crippen LogP contribution in [0.4, 0.5) is 0 Å². The Kier molecular flexibility index (Phi) is 3.91. The maximum atomic E-state index is 12.4. The molecule has 1 N–H and O–H groups in total. The number of carboxylic acid groups (broad SMARTS) is 1. The van der Waals surface area contributed by atoms with Crippen LogP contribution < -0.4 is 0 Å². The molecule has 1 saturated heterocycles. The molecule has 2 heterocycles. The normalized spacial score (nSPS) is 15.7. The van der Waals surface area contributed by atoms with E-state index in [4.69, 9.17) is 5.11 Å². The van der Waals surface area contributed by atoms with Gasteiger partial charge in [-0.2, -0.15) is 5.10 Å². The first-order chi connectivity index (χ1) is 10.6. The van der Waals surface area contributed by atoms with E-state index in [2.05, 4.69) is 5.10 Å². The van der Waals surface area contributed by atoms with Crippen LogP contribution in [0, 0.1) is 5.92 Å². The summed E-state index contributed by atoms with van der Waals surface area (Å²) in [6, 6.07) is 9.58. The molecular weight excluding hydrogens is 282 g/mol. The molecule has 0 bridgehead atoms. The second kappa shape index (κ2) is 6.01. The van der Waals surface area contributed by atoms with Crippen LogP contribution in [-0.4, -0.2) is 44.8 Å². The summed E-state index contributed by atoms with van der Waals surface area (Å²) in [7, 11) is 0. The number of hydrogen-bond donors (Lipinski definition) is 1. The Balaban J connectivity index is 1.69. The predicted molar refractivity (Wildman–Crippen MR) is 79.8 cm³/mol. The van der Waals surface area contributed by atoms with Crippen LogP contribution in [0.1, 0.15) is 23.2 Å². The van der Waals surface area contributed by atoms with Crippen LogP contribution in [0.25, 0.3) is 5.69 Å². The van der Waals surface area contributed by atoms with Crippen LogP contribution in [0.15, 0.2) is 42.7 Å². The van der Waals surface area contributed by atoms with Crippen molar-refractivity contribution >= 4 is 11.9 Å². The number of hydrogen-bond acceptors (Lipinski definition) is 3. The van der Waals surface area contributed by atoms with Gasteiger partial charge in [-0.25, -0.2) is 4.68 Å². The molecule has 6 heteroatoms. The molecule has 1 amide bonds. The second-order valence-corrected chi connectivity index (χ2v) is 5.41. The number of likely N-dealkylation sites (tertiary alicyclic amines) is 1. The Morgan fingerprint density at radius 3 is 2.45 bits per heavy atom. The maximum absolute atomic E-state index is 12.4. The van der Waals surface area contributed by atoms with Gasteiger partial charge in [0.15, 0.2) is 0 Å². The smallest absolute Gasteiger partial charge is 0.306 e. The highest BCUT2D eigenvalue weighted by atomic mass is 16.4. The molecule has 0 radical (unpaired) electrons. The molecule has 22 heavy (non-hydrogen) atoms. The zero-order chi connectivity index (χ0) is 15.5. The molecule has 1 aliphatic heterocycles. The molecule has 3 rings (SSSR count). The minimum atomic E-state index is -0.774. The van der Waals surface area contributed by atoms with Gasteiger partial charge in [-0.15, -0.1) is 0 Å². The topological polar surface area (TPSA) is 75.4 Å². The van der Waals surface area contributed by atoms with E-state index < -0.39 is 5.97 Å². The molecule has 0 saturated carbocycles. The van der Waals surface area contributed by atoms with E-state index in [1.807, 2.05) is 30.3 Å². The lowest BCUT2D eigenvalue weighted by Crippen LogP contribution is -2.40. The van der Waals surface area contributed by atoms with E-state index in [0.717, 1.165) is 5.69 Å². The van der Waals surface area contributed by atoms with Crippen LogP contribution in [0.3, 0.4) is 0 Å². The summed E-state index contributed by atoms with van der Waals surface area (Å²) in [5, 5.41) is 13.2. The number of amides is 1. The minimum Gasteiger partial charge on any atom is -0.481 e. The van der Waals surface area contributed by atoms with Crippen molar-refractivity contribution in [2.45, 2.75) is 12.8 Å². The van der Waals surface area contributed by atoms with Gasteiger partial charge in [-0.05, 0) is 25.0 Å². The first-order valence-corrected chi connectivity index (χ1v) is 7.27. The van der Waals surface area contributed by atoms with E-state index in [9.17, 15) is 9.59 Å². The zero-order valence-electron chi connectivity index (χ0n) is 12.1. The molecule has 1 aliphatic rings. The van der Waals surface area contributed by atoms with Gasteiger partial charge in [0.1, 0.15) is 0 Å². The SMILES string of the molecule is O=C(O)C1CCN(C(=O)c2cnn(-c3ccccc3)c2)CC1. The van der Waals surface area contributed by atoms with Gasteiger partial charge in [-0.1, -0.05) is 18.2 Å². The number of piperidine rings is 1. The van der Waals surface area contributed by atoms with Gasteiger partial charge >= 0.3 is 5.97 Å². The first-order valence-electron chi connectivity index (χ1n) is 7.27. The van der Waals surface area contributed by atoms with Crippen molar-refractivity contribution in [3.8, 4) is 5.69 Å². The zero-order valence-corrected chi connectivity index (χ0v) is 12.1. The van der Waals surface area contributed by atoms with Crippen molar-refractivity contribution in [3.05, 3.63) is 48.3 Å². The quantitative estimate of drug-likeness (QED) is 0.938. The van der Waals surface area contributed by atoms with E-state index in [1.54, 1.807) is 22.0 Å². The lowest BCUT2D eigenvalue weighted by Gasteiger charge is -2.29. The highest BCUT2D eigenvalue weighted by Gasteiger charge is 2.27. The Morgan fingerprint density at radius 2 is 1.82 bits per heavy atom. The third kappa shape index (κ3) is 2.86. The number of nitrogens with zero attached hydrogens (tertiary/aromatic N) is 3. The van der Waals surface area contributed by atoms with Crippen LogP contribution >= 0.6 is 0 Å². The summed E-state index contributed by atoms with van der Waals surface area (Å²) in [5.41, 5.74) is 1.42. The molecule has 2 aromatic rings. The minimum absolute atomic E-state index is 0.0916. The predicted octanol–water partition coefficient (Wildman–Crippen LogP) is 1.81. The number of carbonyl (C=O) groups is 2. The molecular formula is C16H17N3O3. The fourth-order valence-corrected chi connectivity index (χ4v) is 2.67. The third-order valence-corrected chi connectivity index (χ3v) is 3.98. The number of carboxylic acids is 1. The molecule has 6 nitrogen and oxygen atoms in total. The molecule has 0 spiro atoms. The summed E-state index contributed by atoms with van der Waals surface area (Å²) in [6.07, 6.45) is 4.28. The van der Waals surface area contributed by atoms with E-state index in [1.165, 1.54) is 0 Å². The Hall–Kier alpha value is -2.63.